The number of guanidine groups is 1. The van der Waals surface area contributed by atoms with E-state index >= 15 is 0 Å². The Morgan fingerprint density at radius 3 is 2.78 bits per heavy atom. The van der Waals surface area contributed by atoms with Gasteiger partial charge in [0.05, 0.1) is 19.4 Å². The first-order valence-corrected chi connectivity index (χ1v) is 10.8. The second-order valence-corrected chi connectivity index (χ2v) is 8.08. The summed E-state index contributed by atoms with van der Waals surface area (Å²) in [5.41, 5.74) is 2.55. The summed E-state index contributed by atoms with van der Waals surface area (Å²) >= 11 is 0. The lowest BCUT2D eigenvalue weighted by molar-refractivity contribution is 0.287. The summed E-state index contributed by atoms with van der Waals surface area (Å²) in [7, 11) is 3.92. The summed E-state index contributed by atoms with van der Waals surface area (Å²) in [6.07, 6.45) is 3.67. The zero-order valence-corrected chi connectivity index (χ0v) is 21.2. The van der Waals surface area contributed by atoms with Crippen molar-refractivity contribution in [3.05, 3.63) is 71.2 Å². The van der Waals surface area contributed by atoms with Crippen LogP contribution < -0.4 is 10.6 Å². The summed E-state index contributed by atoms with van der Waals surface area (Å²) in [5.74, 6) is 3.70. The number of aryl methyl sites for hydroxylation is 2. The maximum absolute atomic E-state index is 5.47. The van der Waals surface area contributed by atoms with Crippen LogP contribution in [0.2, 0.25) is 0 Å². The van der Waals surface area contributed by atoms with Crippen molar-refractivity contribution in [1.82, 2.24) is 30.3 Å². The van der Waals surface area contributed by atoms with E-state index in [1.54, 1.807) is 6.26 Å². The van der Waals surface area contributed by atoms with Gasteiger partial charge in [0, 0.05) is 32.6 Å². The lowest BCUT2D eigenvalue weighted by atomic mass is 10.1. The highest BCUT2D eigenvalue weighted by molar-refractivity contribution is 14.0. The van der Waals surface area contributed by atoms with Crippen molar-refractivity contribution in [2.24, 2.45) is 4.99 Å². The van der Waals surface area contributed by atoms with E-state index in [-0.39, 0.29) is 30.0 Å². The first kappa shape index (κ1) is 24.2. The standard InChI is InChI=1S/C23H31N7O.HI/c1-17-26-22-11-10-20(15-30(22)28-17)27-23(24-2)25-13-18-7-4-5-8-19(18)14-29(3)16-21-9-6-12-31-21;/h4-9,12,20H,10-11,13-16H2,1-3H3,(H2,24,25,27);1H. The number of hydrogen-bond donors (Lipinski definition) is 2. The molecular weight excluding hydrogens is 517 g/mol. The molecule has 1 unspecified atom stereocenters. The van der Waals surface area contributed by atoms with Crippen molar-refractivity contribution in [3.8, 4) is 0 Å². The van der Waals surface area contributed by atoms with Crippen LogP contribution in [0.3, 0.4) is 0 Å². The number of halogens is 1. The molecule has 0 radical (unpaired) electrons. The van der Waals surface area contributed by atoms with Gasteiger partial charge in [-0.1, -0.05) is 24.3 Å². The predicted molar refractivity (Wildman–Crippen MR) is 136 cm³/mol. The normalized spacial score (nSPS) is 15.9. The molecule has 0 saturated carbocycles. The van der Waals surface area contributed by atoms with Gasteiger partial charge in [-0.05, 0) is 43.7 Å². The lowest BCUT2D eigenvalue weighted by Gasteiger charge is -2.25. The van der Waals surface area contributed by atoms with Crippen molar-refractivity contribution in [1.29, 1.82) is 0 Å². The molecule has 1 aliphatic heterocycles. The first-order valence-electron chi connectivity index (χ1n) is 10.8. The molecule has 2 N–H and O–H groups in total. The van der Waals surface area contributed by atoms with Crippen molar-refractivity contribution in [2.45, 2.75) is 52.0 Å². The van der Waals surface area contributed by atoms with Gasteiger partial charge >= 0.3 is 0 Å². The van der Waals surface area contributed by atoms with Gasteiger partial charge in [0.1, 0.15) is 17.4 Å². The fourth-order valence-corrected chi connectivity index (χ4v) is 4.02. The third kappa shape index (κ3) is 6.32. The van der Waals surface area contributed by atoms with Gasteiger partial charge in [-0.25, -0.2) is 9.67 Å². The fraction of sp³-hybridized carbons (Fsp3) is 0.435. The monoisotopic (exact) mass is 549 g/mol. The third-order valence-electron chi connectivity index (χ3n) is 5.54. The van der Waals surface area contributed by atoms with Crippen molar-refractivity contribution >= 4 is 29.9 Å². The molecule has 0 fully saturated rings. The Labute approximate surface area is 206 Å². The van der Waals surface area contributed by atoms with Crippen LogP contribution >= 0.6 is 24.0 Å². The number of rotatable bonds is 7. The summed E-state index contributed by atoms with van der Waals surface area (Å²) in [6, 6.07) is 12.7. The van der Waals surface area contributed by atoms with Crippen molar-refractivity contribution in [2.75, 3.05) is 14.1 Å². The molecule has 0 amide bonds. The number of fused-ring (bicyclic) bond motifs is 1. The average molecular weight is 549 g/mol. The van der Waals surface area contributed by atoms with Crippen LogP contribution in [-0.4, -0.2) is 45.8 Å². The second-order valence-electron chi connectivity index (χ2n) is 8.08. The van der Waals surface area contributed by atoms with E-state index in [2.05, 4.69) is 61.9 Å². The highest BCUT2D eigenvalue weighted by Gasteiger charge is 2.21. The molecule has 0 spiro atoms. The van der Waals surface area contributed by atoms with Crippen LogP contribution in [0.5, 0.6) is 0 Å². The maximum Gasteiger partial charge on any atom is 0.191 e. The molecule has 3 aromatic rings. The van der Waals surface area contributed by atoms with E-state index in [1.165, 1.54) is 11.1 Å². The van der Waals surface area contributed by atoms with E-state index in [4.69, 9.17) is 4.42 Å². The van der Waals surface area contributed by atoms with Gasteiger partial charge < -0.3 is 15.1 Å². The molecule has 3 heterocycles. The Kier molecular flexibility index (Phi) is 8.68. The molecule has 2 aromatic heterocycles. The zero-order chi connectivity index (χ0) is 21.6. The zero-order valence-electron chi connectivity index (χ0n) is 18.9. The Morgan fingerprint density at radius 2 is 2.03 bits per heavy atom. The minimum atomic E-state index is 0. The highest BCUT2D eigenvalue weighted by atomic mass is 127. The Morgan fingerprint density at radius 1 is 1.22 bits per heavy atom. The maximum atomic E-state index is 5.47. The number of nitrogens with zero attached hydrogens (tertiary/aromatic N) is 5. The molecule has 1 aromatic carbocycles. The summed E-state index contributed by atoms with van der Waals surface area (Å²) in [5, 5.41) is 11.5. The quantitative estimate of drug-likeness (QED) is 0.268. The van der Waals surface area contributed by atoms with Crippen molar-refractivity contribution < 1.29 is 4.42 Å². The Hall–Kier alpha value is -2.40. The van der Waals surface area contributed by atoms with E-state index in [1.807, 2.05) is 30.8 Å². The number of furan rings is 1. The van der Waals surface area contributed by atoms with Gasteiger partial charge in [0.15, 0.2) is 5.96 Å². The molecule has 1 atom stereocenters. The molecule has 8 nitrogen and oxygen atoms in total. The van der Waals surface area contributed by atoms with Crippen LogP contribution in [0, 0.1) is 6.92 Å². The summed E-state index contributed by atoms with van der Waals surface area (Å²) < 4.78 is 7.48. The highest BCUT2D eigenvalue weighted by Crippen LogP contribution is 2.15. The van der Waals surface area contributed by atoms with Crippen LogP contribution in [0.25, 0.3) is 0 Å². The number of nitrogens with one attached hydrogen (secondary N) is 2. The summed E-state index contributed by atoms with van der Waals surface area (Å²) in [6.45, 7) is 5.10. The minimum absolute atomic E-state index is 0. The predicted octanol–water partition coefficient (Wildman–Crippen LogP) is 3.11. The van der Waals surface area contributed by atoms with Crippen LogP contribution in [0.15, 0.2) is 52.1 Å². The Bertz CT molecular complexity index is 1020. The van der Waals surface area contributed by atoms with Crippen LogP contribution in [0.4, 0.5) is 0 Å². The number of aromatic nitrogens is 3. The molecule has 4 rings (SSSR count). The van der Waals surface area contributed by atoms with E-state index in [0.29, 0.717) is 6.54 Å². The smallest absolute Gasteiger partial charge is 0.191 e. The van der Waals surface area contributed by atoms with Gasteiger partial charge in [-0.15, -0.1) is 24.0 Å². The molecule has 32 heavy (non-hydrogen) atoms. The second kappa shape index (κ2) is 11.5. The van der Waals surface area contributed by atoms with Gasteiger partial charge in [0.25, 0.3) is 0 Å². The first-order chi connectivity index (χ1) is 15.1. The molecule has 0 bridgehead atoms. The molecular formula is C23H32IN7O. The van der Waals surface area contributed by atoms with Crippen LogP contribution in [0.1, 0.15) is 35.0 Å². The van der Waals surface area contributed by atoms with Gasteiger partial charge in [-0.2, -0.15) is 5.10 Å². The molecule has 1 aliphatic rings. The fourth-order valence-electron chi connectivity index (χ4n) is 4.02. The number of benzene rings is 1. The van der Waals surface area contributed by atoms with E-state index in [9.17, 15) is 0 Å². The topological polar surface area (TPSA) is 83.5 Å². The number of aliphatic imine (C=N–C) groups is 1. The molecule has 0 aliphatic carbocycles. The largest absolute Gasteiger partial charge is 0.468 e. The van der Waals surface area contributed by atoms with E-state index < -0.39 is 0 Å². The molecule has 0 saturated heterocycles. The minimum Gasteiger partial charge on any atom is -0.468 e. The van der Waals surface area contributed by atoms with E-state index in [0.717, 1.165) is 55.8 Å². The van der Waals surface area contributed by atoms with Crippen molar-refractivity contribution in [3.63, 3.8) is 0 Å². The van der Waals surface area contributed by atoms with Gasteiger partial charge in [0.2, 0.25) is 0 Å². The lowest BCUT2D eigenvalue weighted by Crippen LogP contribution is -2.46. The summed E-state index contributed by atoms with van der Waals surface area (Å²) in [4.78, 5) is 11.2. The number of hydrogen-bond acceptors (Lipinski definition) is 5. The third-order valence-corrected chi connectivity index (χ3v) is 5.54. The SMILES string of the molecule is CN=C(NCc1ccccc1CN(C)Cc1ccco1)NC1CCc2nc(C)nn2C1.I. The Balaban J connectivity index is 0.00000289. The average Bonchev–Trinajstić information content (AvgIpc) is 3.40. The molecule has 172 valence electrons. The molecule has 9 heteroatoms. The van der Waals surface area contributed by atoms with Crippen LogP contribution in [-0.2, 0) is 32.6 Å². The van der Waals surface area contributed by atoms with Gasteiger partial charge in [-0.3, -0.25) is 9.89 Å².